The summed E-state index contributed by atoms with van der Waals surface area (Å²) in [6, 6.07) is 1.61. The van der Waals surface area contributed by atoms with Crippen LogP contribution < -0.4 is 11.1 Å². The van der Waals surface area contributed by atoms with Crippen molar-refractivity contribution >= 4 is 29.0 Å². The number of carbonyl (C=O) groups is 1. The Morgan fingerprint density at radius 1 is 1.53 bits per heavy atom. The maximum absolute atomic E-state index is 11.8. The van der Waals surface area contributed by atoms with Crippen LogP contribution in [0.4, 0.5) is 11.5 Å². The summed E-state index contributed by atoms with van der Waals surface area (Å²) >= 11 is 5.74. The lowest BCUT2D eigenvalue weighted by Crippen LogP contribution is -2.33. The van der Waals surface area contributed by atoms with E-state index >= 15 is 0 Å². The van der Waals surface area contributed by atoms with E-state index in [4.69, 9.17) is 17.3 Å². The van der Waals surface area contributed by atoms with E-state index in [0.29, 0.717) is 16.5 Å². The number of nitrogens with two attached hydrogens (primary N) is 1. The van der Waals surface area contributed by atoms with Crippen LogP contribution in [0.15, 0.2) is 12.3 Å². The zero-order valence-corrected chi connectivity index (χ0v) is 10.2. The van der Waals surface area contributed by atoms with Crippen LogP contribution in [0.2, 0.25) is 5.02 Å². The minimum Gasteiger partial charge on any atom is -0.396 e. The van der Waals surface area contributed by atoms with Gasteiger partial charge in [-0.3, -0.25) is 4.79 Å². The highest BCUT2D eigenvalue weighted by atomic mass is 35.5. The van der Waals surface area contributed by atoms with Crippen molar-refractivity contribution in [2.75, 3.05) is 30.7 Å². The van der Waals surface area contributed by atoms with E-state index in [0.717, 1.165) is 25.9 Å². The van der Waals surface area contributed by atoms with Crippen molar-refractivity contribution < 1.29 is 4.79 Å². The molecule has 1 aliphatic rings. The molecule has 2 rings (SSSR count). The van der Waals surface area contributed by atoms with Gasteiger partial charge in [-0.15, -0.1) is 0 Å². The van der Waals surface area contributed by atoms with Gasteiger partial charge in [-0.2, -0.15) is 0 Å². The highest BCUT2D eigenvalue weighted by Gasteiger charge is 2.17. The molecule has 0 saturated carbocycles. The average Bonchev–Trinajstić information content (AvgIpc) is 2.81. The summed E-state index contributed by atoms with van der Waals surface area (Å²) in [4.78, 5) is 17.6. The van der Waals surface area contributed by atoms with E-state index in [1.165, 1.54) is 6.20 Å². The van der Waals surface area contributed by atoms with Crippen molar-refractivity contribution in [3.05, 3.63) is 17.3 Å². The summed E-state index contributed by atoms with van der Waals surface area (Å²) < 4.78 is 0. The highest BCUT2D eigenvalue weighted by Crippen LogP contribution is 2.19. The Morgan fingerprint density at radius 2 is 2.24 bits per heavy atom. The van der Waals surface area contributed by atoms with E-state index < -0.39 is 0 Å². The van der Waals surface area contributed by atoms with Crippen molar-refractivity contribution in [2.45, 2.75) is 12.8 Å². The quantitative estimate of drug-likeness (QED) is 0.854. The van der Waals surface area contributed by atoms with Crippen molar-refractivity contribution in [1.82, 2.24) is 9.88 Å². The molecule has 1 aromatic heterocycles. The fraction of sp³-hybridized carbons (Fsp3) is 0.455. The molecule has 6 heteroatoms. The van der Waals surface area contributed by atoms with Gasteiger partial charge < -0.3 is 16.0 Å². The Bertz CT molecular complexity index is 418. The van der Waals surface area contributed by atoms with Crippen LogP contribution in [0.25, 0.3) is 0 Å². The van der Waals surface area contributed by atoms with E-state index in [1.54, 1.807) is 6.07 Å². The number of rotatable bonds is 3. The average molecular weight is 255 g/mol. The van der Waals surface area contributed by atoms with Gasteiger partial charge >= 0.3 is 0 Å². The molecule has 0 bridgehead atoms. The molecule has 1 amide bonds. The summed E-state index contributed by atoms with van der Waals surface area (Å²) in [6.45, 7) is 1.92. The zero-order valence-electron chi connectivity index (χ0n) is 9.45. The first kappa shape index (κ1) is 12.0. The Hall–Kier alpha value is -1.49. The van der Waals surface area contributed by atoms with Crippen LogP contribution in [0.3, 0.4) is 0 Å². The van der Waals surface area contributed by atoms with Crippen molar-refractivity contribution in [2.24, 2.45) is 0 Å². The topological polar surface area (TPSA) is 71.2 Å². The third-order valence-corrected chi connectivity index (χ3v) is 2.96. The predicted octanol–water partition coefficient (Wildman–Crippen LogP) is 1.35. The second-order valence-electron chi connectivity index (χ2n) is 4.03. The van der Waals surface area contributed by atoms with E-state index in [2.05, 4.69) is 10.3 Å². The number of carbonyl (C=O) groups excluding carboxylic acids is 1. The second-order valence-corrected chi connectivity index (χ2v) is 4.47. The first-order valence-corrected chi connectivity index (χ1v) is 5.97. The van der Waals surface area contributed by atoms with Gasteiger partial charge in [-0.1, -0.05) is 11.6 Å². The van der Waals surface area contributed by atoms with Gasteiger partial charge in [0.05, 0.1) is 17.3 Å². The molecule has 0 spiro atoms. The Balaban J connectivity index is 1.90. The Morgan fingerprint density at radius 3 is 2.88 bits per heavy atom. The monoisotopic (exact) mass is 254 g/mol. The van der Waals surface area contributed by atoms with Gasteiger partial charge in [0.15, 0.2) is 0 Å². The van der Waals surface area contributed by atoms with Gasteiger partial charge in [0.2, 0.25) is 5.91 Å². The van der Waals surface area contributed by atoms with Crippen LogP contribution in [-0.4, -0.2) is 35.4 Å². The molecule has 0 aliphatic carbocycles. The van der Waals surface area contributed by atoms with Crippen LogP contribution in [0, 0.1) is 0 Å². The molecule has 0 unspecified atom stereocenters. The summed E-state index contributed by atoms with van der Waals surface area (Å²) in [6.07, 6.45) is 3.68. The molecule has 1 fully saturated rings. The lowest BCUT2D eigenvalue weighted by molar-refractivity contribution is -0.128. The van der Waals surface area contributed by atoms with Gasteiger partial charge in [-0.25, -0.2) is 4.98 Å². The molecule has 0 radical (unpaired) electrons. The van der Waals surface area contributed by atoms with Crippen LogP contribution in [0.1, 0.15) is 12.8 Å². The number of anilines is 2. The molecule has 2 heterocycles. The number of pyridine rings is 1. The number of amides is 1. The van der Waals surface area contributed by atoms with E-state index in [1.807, 2.05) is 4.90 Å². The molecule has 0 aromatic carbocycles. The van der Waals surface area contributed by atoms with Gasteiger partial charge in [0, 0.05) is 19.3 Å². The molecule has 1 saturated heterocycles. The normalized spacial score (nSPS) is 15.0. The van der Waals surface area contributed by atoms with Gasteiger partial charge in [-0.05, 0) is 18.9 Å². The number of nitrogens with one attached hydrogen (secondary N) is 1. The lowest BCUT2D eigenvalue weighted by atomic mass is 10.4. The second kappa shape index (κ2) is 5.23. The maximum Gasteiger partial charge on any atom is 0.241 e. The number of hydrogen-bond donors (Lipinski definition) is 2. The highest BCUT2D eigenvalue weighted by molar-refractivity contribution is 6.30. The largest absolute Gasteiger partial charge is 0.396 e. The molecule has 92 valence electrons. The maximum atomic E-state index is 11.8. The number of hydrogen-bond acceptors (Lipinski definition) is 4. The van der Waals surface area contributed by atoms with Crippen molar-refractivity contribution in [3.63, 3.8) is 0 Å². The molecule has 1 aliphatic heterocycles. The predicted molar refractivity (Wildman–Crippen MR) is 68.0 cm³/mol. The minimum atomic E-state index is 0.0821. The minimum absolute atomic E-state index is 0.0821. The Labute approximate surface area is 105 Å². The van der Waals surface area contributed by atoms with Crippen LogP contribution in [0.5, 0.6) is 0 Å². The molecule has 3 N–H and O–H groups in total. The fourth-order valence-corrected chi connectivity index (χ4v) is 2.01. The van der Waals surface area contributed by atoms with Gasteiger partial charge in [0.25, 0.3) is 0 Å². The zero-order chi connectivity index (χ0) is 12.3. The molecule has 17 heavy (non-hydrogen) atoms. The smallest absolute Gasteiger partial charge is 0.241 e. The van der Waals surface area contributed by atoms with Crippen molar-refractivity contribution in [3.8, 4) is 0 Å². The summed E-state index contributed by atoms with van der Waals surface area (Å²) in [5, 5.41) is 3.42. The fourth-order valence-electron chi connectivity index (χ4n) is 1.84. The number of aromatic nitrogens is 1. The van der Waals surface area contributed by atoms with Crippen molar-refractivity contribution in [1.29, 1.82) is 0 Å². The standard InChI is InChI=1S/C11H15ClN4O/c12-8-5-9(13)11(14-6-8)15-7-10(17)16-3-1-2-4-16/h5-6H,1-4,7,13H2,(H,14,15). The van der Waals surface area contributed by atoms with E-state index in [-0.39, 0.29) is 12.5 Å². The molecule has 1 aromatic rings. The number of nitrogens with zero attached hydrogens (tertiary/aromatic N) is 2. The summed E-state index contributed by atoms with van der Waals surface area (Å²) in [7, 11) is 0. The third-order valence-electron chi connectivity index (χ3n) is 2.75. The molecule has 0 atom stereocenters. The Kier molecular flexibility index (Phi) is 3.68. The summed E-state index contributed by atoms with van der Waals surface area (Å²) in [5.41, 5.74) is 6.18. The number of halogens is 1. The molecular formula is C11H15ClN4O. The molecule has 5 nitrogen and oxygen atoms in total. The summed E-state index contributed by atoms with van der Waals surface area (Å²) in [5.74, 6) is 0.584. The van der Waals surface area contributed by atoms with E-state index in [9.17, 15) is 4.79 Å². The number of nitrogen functional groups attached to an aromatic ring is 1. The first-order chi connectivity index (χ1) is 8.16. The SMILES string of the molecule is Nc1cc(Cl)cnc1NCC(=O)N1CCCC1. The lowest BCUT2D eigenvalue weighted by Gasteiger charge is -2.16. The number of likely N-dealkylation sites (tertiary alicyclic amines) is 1. The molecular weight excluding hydrogens is 240 g/mol. The van der Waals surface area contributed by atoms with Crippen LogP contribution in [-0.2, 0) is 4.79 Å². The van der Waals surface area contributed by atoms with Gasteiger partial charge in [0.1, 0.15) is 5.82 Å². The first-order valence-electron chi connectivity index (χ1n) is 5.59. The third kappa shape index (κ3) is 3.00. The van der Waals surface area contributed by atoms with Crippen LogP contribution >= 0.6 is 11.6 Å².